The number of carboxylic acid groups (broad SMARTS) is 1. The van der Waals surface area contributed by atoms with Gasteiger partial charge in [-0.2, -0.15) is 0 Å². The molecule has 3 aromatic rings. The number of H-pyrrole nitrogens is 2. The van der Waals surface area contributed by atoms with E-state index in [0.29, 0.717) is 24.2 Å². The molecular formula is C23H22N2O5. The molecule has 1 aromatic heterocycles. The molecule has 0 amide bonds. The summed E-state index contributed by atoms with van der Waals surface area (Å²) >= 11 is 0. The van der Waals surface area contributed by atoms with Crippen LogP contribution in [0.25, 0.3) is 12.2 Å². The Hall–Kier alpha value is -3.87. The summed E-state index contributed by atoms with van der Waals surface area (Å²) in [5.41, 5.74) is 0.624. The van der Waals surface area contributed by atoms with E-state index in [9.17, 15) is 19.5 Å². The second-order valence-electron chi connectivity index (χ2n) is 6.74. The summed E-state index contributed by atoms with van der Waals surface area (Å²) < 4.78 is 5.49. The van der Waals surface area contributed by atoms with Crippen molar-refractivity contribution in [1.82, 2.24) is 9.97 Å². The molecule has 0 radical (unpaired) electrons. The smallest absolute Gasteiger partial charge is 0.344 e. The van der Waals surface area contributed by atoms with Gasteiger partial charge in [0.1, 0.15) is 16.4 Å². The Morgan fingerprint density at radius 1 is 0.933 bits per heavy atom. The number of aromatic amines is 2. The maximum absolute atomic E-state index is 12.4. The van der Waals surface area contributed by atoms with Crippen LogP contribution in [0.15, 0.2) is 64.2 Å². The zero-order chi connectivity index (χ0) is 21.5. The molecule has 3 rings (SSSR count). The van der Waals surface area contributed by atoms with Crippen molar-refractivity contribution in [3.05, 3.63) is 97.1 Å². The van der Waals surface area contributed by atoms with Crippen LogP contribution in [0, 0.1) is 0 Å². The molecule has 7 heteroatoms. The number of hydrogen-bond donors (Lipinski definition) is 3. The highest BCUT2D eigenvalue weighted by Crippen LogP contribution is 2.16. The second kappa shape index (κ2) is 9.56. The molecule has 3 N–H and O–H groups in total. The van der Waals surface area contributed by atoms with Crippen LogP contribution in [0.4, 0.5) is 0 Å². The van der Waals surface area contributed by atoms with Crippen LogP contribution in [0.3, 0.4) is 0 Å². The monoisotopic (exact) mass is 406 g/mol. The van der Waals surface area contributed by atoms with Gasteiger partial charge in [-0.3, -0.25) is 9.59 Å². The van der Waals surface area contributed by atoms with Gasteiger partial charge in [-0.25, -0.2) is 4.79 Å². The second-order valence-corrected chi connectivity index (χ2v) is 6.74. The van der Waals surface area contributed by atoms with Gasteiger partial charge in [0.2, 0.25) is 0 Å². The molecule has 0 spiro atoms. The standard InChI is InChI=1S/C23H22N2O5/c1-2-6-20(23(28)29)30-17-11-9-16(10-12-17)14-19-22(27)24-18(21(26)25-19)13-15-7-4-3-5-8-15/h3-5,7-14,20H,2,6H2,1H3,(H,24,27)(H,25,26)(H,28,29). The van der Waals surface area contributed by atoms with Gasteiger partial charge in [-0.15, -0.1) is 0 Å². The number of ether oxygens (including phenoxy) is 1. The lowest BCUT2D eigenvalue weighted by Crippen LogP contribution is -2.46. The van der Waals surface area contributed by atoms with Gasteiger partial charge < -0.3 is 19.8 Å². The molecule has 1 heterocycles. The van der Waals surface area contributed by atoms with E-state index in [0.717, 1.165) is 5.56 Å². The van der Waals surface area contributed by atoms with E-state index in [1.807, 2.05) is 37.3 Å². The highest BCUT2D eigenvalue weighted by Gasteiger charge is 2.17. The molecule has 0 aliphatic rings. The summed E-state index contributed by atoms with van der Waals surface area (Å²) in [6.07, 6.45) is 3.34. The molecule has 0 saturated heterocycles. The number of carbonyl (C=O) groups is 1. The van der Waals surface area contributed by atoms with Gasteiger partial charge in [-0.05, 0) is 41.8 Å². The first-order chi connectivity index (χ1) is 14.5. The van der Waals surface area contributed by atoms with Gasteiger partial charge in [0.05, 0.1) is 0 Å². The van der Waals surface area contributed by atoms with Crippen LogP contribution < -0.4 is 26.6 Å². The Labute approximate surface area is 172 Å². The van der Waals surface area contributed by atoms with E-state index in [1.54, 1.807) is 30.3 Å². The lowest BCUT2D eigenvalue weighted by atomic mass is 10.2. The first-order valence-electron chi connectivity index (χ1n) is 9.57. The number of aromatic nitrogens is 2. The van der Waals surface area contributed by atoms with Crippen molar-refractivity contribution in [3.8, 4) is 5.75 Å². The first kappa shape index (κ1) is 20.9. The van der Waals surface area contributed by atoms with Crippen LogP contribution in [-0.4, -0.2) is 27.1 Å². The van der Waals surface area contributed by atoms with E-state index in [2.05, 4.69) is 9.97 Å². The number of aliphatic carboxylic acids is 1. The third kappa shape index (κ3) is 5.35. The lowest BCUT2D eigenvalue weighted by molar-refractivity contribution is -0.145. The average Bonchev–Trinajstić information content (AvgIpc) is 2.73. The van der Waals surface area contributed by atoms with E-state index >= 15 is 0 Å². The molecule has 0 aliphatic heterocycles. The van der Waals surface area contributed by atoms with E-state index in [1.165, 1.54) is 6.08 Å². The zero-order valence-electron chi connectivity index (χ0n) is 16.4. The fourth-order valence-corrected chi connectivity index (χ4v) is 2.88. The summed E-state index contributed by atoms with van der Waals surface area (Å²) in [6, 6.07) is 15.8. The fraction of sp³-hybridized carbons (Fsp3) is 0.174. The molecule has 7 nitrogen and oxygen atoms in total. The Balaban J connectivity index is 1.88. The first-order valence-corrected chi connectivity index (χ1v) is 9.57. The zero-order valence-corrected chi connectivity index (χ0v) is 16.4. The van der Waals surface area contributed by atoms with Crippen molar-refractivity contribution < 1.29 is 14.6 Å². The van der Waals surface area contributed by atoms with Gasteiger partial charge in [0.25, 0.3) is 11.1 Å². The maximum Gasteiger partial charge on any atom is 0.344 e. The Morgan fingerprint density at radius 2 is 1.47 bits per heavy atom. The molecule has 0 bridgehead atoms. The highest BCUT2D eigenvalue weighted by molar-refractivity contribution is 5.72. The van der Waals surface area contributed by atoms with Crippen LogP contribution in [0.2, 0.25) is 0 Å². The van der Waals surface area contributed by atoms with Gasteiger partial charge in [0.15, 0.2) is 6.10 Å². The van der Waals surface area contributed by atoms with Crippen molar-refractivity contribution in [2.24, 2.45) is 0 Å². The predicted octanol–water partition coefficient (Wildman–Crippen LogP) is 1.35. The quantitative estimate of drug-likeness (QED) is 0.548. The Bertz CT molecular complexity index is 1240. The summed E-state index contributed by atoms with van der Waals surface area (Å²) in [5, 5.41) is 9.47. The summed E-state index contributed by atoms with van der Waals surface area (Å²) in [4.78, 5) is 41.1. The number of nitrogens with one attached hydrogen (secondary N) is 2. The fourth-order valence-electron chi connectivity index (χ4n) is 2.88. The highest BCUT2D eigenvalue weighted by atomic mass is 16.5. The SMILES string of the molecule is CCCC(Oc1ccc(C=c2[nH]c(=O)c(=Cc3ccccc3)[nH]c2=O)cc1)C(=O)O. The largest absolute Gasteiger partial charge is 0.479 e. The topological polar surface area (TPSA) is 112 Å². The van der Waals surface area contributed by atoms with E-state index in [4.69, 9.17) is 4.74 Å². The predicted molar refractivity (Wildman–Crippen MR) is 114 cm³/mol. The maximum atomic E-state index is 12.4. The van der Waals surface area contributed by atoms with Crippen LogP contribution in [0.5, 0.6) is 5.75 Å². The third-order valence-electron chi connectivity index (χ3n) is 4.39. The average molecular weight is 406 g/mol. The van der Waals surface area contributed by atoms with Crippen molar-refractivity contribution in [2.45, 2.75) is 25.9 Å². The normalized spacial score (nSPS) is 13.2. The van der Waals surface area contributed by atoms with Gasteiger partial charge in [0, 0.05) is 0 Å². The number of carboxylic acids is 1. The summed E-state index contributed by atoms with van der Waals surface area (Å²) in [7, 11) is 0. The minimum atomic E-state index is -1.01. The molecule has 0 saturated carbocycles. The van der Waals surface area contributed by atoms with Crippen molar-refractivity contribution >= 4 is 18.1 Å². The summed E-state index contributed by atoms with van der Waals surface area (Å²) in [5.74, 6) is -0.591. The molecule has 1 unspecified atom stereocenters. The van der Waals surface area contributed by atoms with Gasteiger partial charge >= 0.3 is 5.97 Å². The number of rotatable bonds is 7. The van der Waals surface area contributed by atoms with Crippen molar-refractivity contribution in [1.29, 1.82) is 0 Å². The molecule has 2 aromatic carbocycles. The third-order valence-corrected chi connectivity index (χ3v) is 4.39. The van der Waals surface area contributed by atoms with Crippen molar-refractivity contribution in [3.63, 3.8) is 0 Å². The molecule has 154 valence electrons. The van der Waals surface area contributed by atoms with Crippen LogP contribution in [0.1, 0.15) is 30.9 Å². The molecule has 1 atom stereocenters. The molecule has 0 fully saturated rings. The molecular weight excluding hydrogens is 384 g/mol. The Kier molecular flexibility index (Phi) is 6.64. The number of hydrogen-bond acceptors (Lipinski definition) is 4. The van der Waals surface area contributed by atoms with Crippen molar-refractivity contribution in [2.75, 3.05) is 0 Å². The molecule has 30 heavy (non-hydrogen) atoms. The summed E-state index contributed by atoms with van der Waals surface area (Å²) in [6.45, 7) is 1.89. The Morgan fingerprint density at radius 3 is 1.97 bits per heavy atom. The van der Waals surface area contributed by atoms with Crippen LogP contribution >= 0.6 is 0 Å². The number of benzene rings is 2. The van der Waals surface area contributed by atoms with Gasteiger partial charge in [-0.1, -0.05) is 55.8 Å². The lowest BCUT2D eigenvalue weighted by Gasteiger charge is -2.14. The van der Waals surface area contributed by atoms with E-state index in [-0.39, 0.29) is 10.7 Å². The minimum Gasteiger partial charge on any atom is -0.479 e. The van der Waals surface area contributed by atoms with Crippen LogP contribution in [-0.2, 0) is 4.79 Å². The van der Waals surface area contributed by atoms with E-state index < -0.39 is 23.2 Å². The minimum absolute atomic E-state index is 0.119. The molecule has 0 aliphatic carbocycles.